The standard InChI is InChI=1S/C22H22N6O2S/c29-18(15-27-11-5-9-23-22(27)30)26-10-4-6-16(14-26)19-20-28(12-13-31-20)21(25-19)24-17-7-2-1-3-8-17/h1-3,5,7-9,11-13,16H,4,6,10,14-15H2,(H,24,25)/t16-/m0/s1. The molecule has 9 heteroatoms. The minimum atomic E-state index is -0.407. The molecule has 1 fully saturated rings. The molecule has 4 heterocycles. The number of piperidine rings is 1. The number of carbonyl (C=O) groups excluding carboxylic acids is 1. The molecule has 1 amide bonds. The van der Waals surface area contributed by atoms with Crippen LogP contribution in [-0.4, -0.2) is 42.8 Å². The molecule has 5 rings (SSSR count). The Bertz CT molecular complexity index is 1260. The van der Waals surface area contributed by atoms with Crippen LogP contribution in [0.3, 0.4) is 0 Å². The van der Waals surface area contributed by atoms with Crippen LogP contribution in [0.2, 0.25) is 0 Å². The van der Waals surface area contributed by atoms with E-state index in [4.69, 9.17) is 4.98 Å². The highest BCUT2D eigenvalue weighted by Crippen LogP contribution is 2.34. The van der Waals surface area contributed by atoms with Gasteiger partial charge in [0.05, 0.1) is 5.69 Å². The van der Waals surface area contributed by atoms with Crippen molar-refractivity contribution >= 4 is 33.7 Å². The Kier molecular flexibility index (Phi) is 5.25. The molecule has 4 aromatic rings. The van der Waals surface area contributed by atoms with Crippen LogP contribution in [0.25, 0.3) is 4.83 Å². The lowest BCUT2D eigenvalue weighted by molar-refractivity contribution is -0.133. The Morgan fingerprint density at radius 3 is 2.90 bits per heavy atom. The number of hydrogen-bond donors (Lipinski definition) is 1. The van der Waals surface area contributed by atoms with E-state index in [1.807, 2.05) is 41.4 Å². The number of amides is 1. The lowest BCUT2D eigenvalue weighted by Gasteiger charge is -2.32. The fraction of sp³-hybridized carbons (Fsp3) is 0.273. The van der Waals surface area contributed by atoms with Crippen molar-refractivity contribution in [2.24, 2.45) is 0 Å². The van der Waals surface area contributed by atoms with Gasteiger partial charge in [-0.05, 0) is 31.0 Å². The molecule has 0 aliphatic carbocycles. The van der Waals surface area contributed by atoms with Crippen molar-refractivity contribution < 1.29 is 4.79 Å². The molecule has 1 saturated heterocycles. The highest BCUT2D eigenvalue weighted by atomic mass is 32.1. The SMILES string of the molecule is O=C(Cn1cccnc1=O)N1CCC[C@H](c2nc(Nc3ccccc3)n3ccsc23)C1. The fourth-order valence-electron chi connectivity index (χ4n) is 4.03. The lowest BCUT2D eigenvalue weighted by Crippen LogP contribution is -2.42. The van der Waals surface area contributed by atoms with Crippen LogP contribution in [0, 0.1) is 0 Å². The third kappa shape index (κ3) is 3.96. The summed E-state index contributed by atoms with van der Waals surface area (Å²) in [7, 11) is 0. The minimum Gasteiger partial charge on any atom is -0.340 e. The van der Waals surface area contributed by atoms with Gasteiger partial charge in [0.2, 0.25) is 11.9 Å². The van der Waals surface area contributed by atoms with Crippen LogP contribution in [0.1, 0.15) is 24.5 Å². The Morgan fingerprint density at radius 1 is 1.19 bits per heavy atom. The number of carbonyl (C=O) groups is 1. The van der Waals surface area contributed by atoms with Gasteiger partial charge in [0, 0.05) is 48.7 Å². The van der Waals surface area contributed by atoms with Crippen molar-refractivity contribution in [1.29, 1.82) is 0 Å². The largest absolute Gasteiger partial charge is 0.347 e. The van der Waals surface area contributed by atoms with Crippen LogP contribution >= 0.6 is 11.3 Å². The van der Waals surface area contributed by atoms with Crippen LogP contribution < -0.4 is 11.0 Å². The first-order valence-electron chi connectivity index (χ1n) is 10.3. The second kappa shape index (κ2) is 8.35. The average molecular weight is 435 g/mol. The van der Waals surface area contributed by atoms with Gasteiger partial charge in [0.1, 0.15) is 11.4 Å². The first-order valence-corrected chi connectivity index (χ1v) is 11.1. The lowest BCUT2D eigenvalue weighted by atomic mass is 9.95. The third-order valence-corrected chi connectivity index (χ3v) is 6.45. The molecule has 0 unspecified atom stereocenters. The number of fused-ring (bicyclic) bond motifs is 1. The zero-order valence-corrected chi connectivity index (χ0v) is 17.7. The Hall–Kier alpha value is -3.46. The van der Waals surface area contributed by atoms with Crippen LogP contribution in [0.4, 0.5) is 11.6 Å². The number of likely N-dealkylation sites (tertiary alicyclic amines) is 1. The first-order chi connectivity index (χ1) is 15.2. The quantitative estimate of drug-likeness (QED) is 0.522. The summed E-state index contributed by atoms with van der Waals surface area (Å²) in [6.45, 7) is 1.31. The summed E-state index contributed by atoms with van der Waals surface area (Å²) in [6, 6.07) is 11.6. The molecule has 3 aromatic heterocycles. The number of hydrogen-bond acceptors (Lipinski definition) is 6. The molecule has 0 saturated carbocycles. The number of thiazole rings is 1. The summed E-state index contributed by atoms with van der Waals surface area (Å²) in [5.41, 5.74) is 1.59. The normalized spacial score (nSPS) is 16.5. The molecule has 1 atom stereocenters. The van der Waals surface area contributed by atoms with Crippen molar-refractivity contribution in [2.75, 3.05) is 18.4 Å². The molecule has 1 N–H and O–H groups in total. The molecule has 31 heavy (non-hydrogen) atoms. The zero-order chi connectivity index (χ0) is 21.2. The molecule has 1 aromatic carbocycles. The van der Waals surface area contributed by atoms with E-state index in [0.717, 1.165) is 35.0 Å². The van der Waals surface area contributed by atoms with Gasteiger partial charge in [-0.2, -0.15) is 0 Å². The van der Waals surface area contributed by atoms with E-state index in [0.29, 0.717) is 13.1 Å². The van der Waals surface area contributed by atoms with Crippen LogP contribution in [0.15, 0.2) is 65.2 Å². The van der Waals surface area contributed by atoms with Gasteiger partial charge in [-0.25, -0.2) is 14.8 Å². The first kappa shape index (κ1) is 19.5. The second-order valence-corrected chi connectivity index (χ2v) is 8.49. The van der Waals surface area contributed by atoms with E-state index in [2.05, 4.69) is 20.1 Å². The minimum absolute atomic E-state index is 0.0117. The Morgan fingerprint density at radius 2 is 2.06 bits per heavy atom. The average Bonchev–Trinajstić information content (AvgIpc) is 3.40. The van der Waals surface area contributed by atoms with Gasteiger partial charge in [-0.1, -0.05) is 18.2 Å². The molecule has 0 radical (unpaired) electrons. The summed E-state index contributed by atoms with van der Waals surface area (Å²) < 4.78 is 3.42. The summed E-state index contributed by atoms with van der Waals surface area (Å²) in [5, 5.41) is 5.45. The topological polar surface area (TPSA) is 84.5 Å². The third-order valence-electron chi connectivity index (χ3n) is 5.56. The maximum atomic E-state index is 12.9. The predicted octanol–water partition coefficient (Wildman–Crippen LogP) is 3.10. The predicted molar refractivity (Wildman–Crippen MR) is 120 cm³/mol. The number of anilines is 2. The number of rotatable bonds is 5. The van der Waals surface area contributed by atoms with E-state index in [1.165, 1.54) is 10.8 Å². The van der Waals surface area contributed by atoms with Crippen molar-refractivity contribution in [1.82, 2.24) is 23.8 Å². The van der Waals surface area contributed by atoms with Crippen molar-refractivity contribution in [2.45, 2.75) is 25.3 Å². The maximum absolute atomic E-state index is 12.9. The van der Waals surface area contributed by atoms with Gasteiger partial charge in [0.15, 0.2) is 0 Å². The highest BCUT2D eigenvalue weighted by molar-refractivity contribution is 7.15. The highest BCUT2D eigenvalue weighted by Gasteiger charge is 2.29. The van der Waals surface area contributed by atoms with Crippen molar-refractivity contribution in [3.8, 4) is 0 Å². The van der Waals surface area contributed by atoms with E-state index < -0.39 is 5.69 Å². The van der Waals surface area contributed by atoms with Crippen molar-refractivity contribution in [3.05, 3.63) is 76.5 Å². The summed E-state index contributed by atoms with van der Waals surface area (Å²) in [5.74, 6) is 0.871. The molecule has 158 valence electrons. The monoisotopic (exact) mass is 434 g/mol. The summed E-state index contributed by atoms with van der Waals surface area (Å²) >= 11 is 1.66. The molecule has 0 bridgehead atoms. The second-order valence-electron chi connectivity index (χ2n) is 7.60. The number of imidazole rings is 1. The number of para-hydroxylation sites is 1. The summed E-state index contributed by atoms with van der Waals surface area (Å²) in [6.07, 6.45) is 6.94. The number of aromatic nitrogens is 4. The number of benzene rings is 1. The molecular formula is C22H22N6O2S. The molecule has 0 spiro atoms. The van der Waals surface area contributed by atoms with E-state index >= 15 is 0 Å². The van der Waals surface area contributed by atoms with Gasteiger partial charge in [-0.15, -0.1) is 11.3 Å². The zero-order valence-electron chi connectivity index (χ0n) is 16.8. The van der Waals surface area contributed by atoms with E-state index in [9.17, 15) is 9.59 Å². The summed E-state index contributed by atoms with van der Waals surface area (Å²) in [4.78, 5) is 36.3. The van der Waals surface area contributed by atoms with E-state index in [-0.39, 0.29) is 18.4 Å². The van der Waals surface area contributed by atoms with Gasteiger partial charge in [-0.3, -0.25) is 13.8 Å². The Labute approximate surface area is 182 Å². The maximum Gasteiger partial charge on any atom is 0.347 e. The van der Waals surface area contributed by atoms with Gasteiger partial charge >= 0.3 is 5.69 Å². The molecule has 8 nitrogen and oxygen atoms in total. The van der Waals surface area contributed by atoms with Gasteiger partial charge < -0.3 is 10.2 Å². The fourth-order valence-corrected chi connectivity index (χ4v) is 4.94. The number of nitrogens with one attached hydrogen (secondary N) is 1. The Balaban J connectivity index is 1.36. The smallest absolute Gasteiger partial charge is 0.340 e. The van der Waals surface area contributed by atoms with Crippen LogP contribution in [-0.2, 0) is 11.3 Å². The van der Waals surface area contributed by atoms with Gasteiger partial charge in [0.25, 0.3) is 0 Å². The van der Waals surface area contributed by atoms with Crippen molar-refractivity contribution in [3.63, 3.8) is 0 Å². The molecule has 1 aliphatic rings. The van der Waals surface area contributed by atoms with E-state index in [1.54, 1.807) is 23.6 Å². The number of nitrogens with zero attached hydrogens (tertiary/aromatic N) is 5. The van der Waals surface area contributed by atoms with Crippen LogP contribution in [0.5, 0.6) is 0 Å². The molecular weight excluding hydrogens is 412 g/mol. The molecule has 1 aliphatic heterocycles.